The summed E-state index contributed by atoms with van der Waals surface area (Å²) >= 11 is 0. The van der Waals surface area contributed by atoms with Gasteiger partial charge in [-0.1, -0.05) is 23.3 Å². The van der Waals surface area contributed by atoms with Gasteiger partial charge in [-0.2, -0.15) is 0 Å². The predicted molar refractivity (Wildman–Crippen MR) is 89.6 cm³/mol. The van der Waals surface area contributed by atoms with Crippen LogP contribution < -0.4 is 5.32 Å². The SMILES string of the molecule is Cc1cc(C)cc(C(=O)NCCCc2nnc3ccccn23)c1. The van der Waals surface area contributed by atoms with Crippen molar-refractivity contribution in [3.05, 3.63) is 65.1 Å². The Morgan fingerprint density at radius 3 is 2.70 bits per heavy atom. The van der Waals surface area contributed by atoms with Crippen LogP contribution in [0.1, 0.15) is 33.7 Å². The van der Waals surface area contributed by atoms with Crippen LogP contribution in [0, 0.1) is 13.8 Å². The second kappa shape index (κ2) is 6.60. The van der Waals surface area contributed by atoms with Crippen LogP contribution >= 0.6 is 0 Å². The third-order valence-electron chi connectivity index (χ3n) is 3.73. The first-order valence-electron chi connectivity index (χ1n) is 7.78. The summed E-state index contributed by atoms with van der Waals surface area (Å²) in [6.45, 7) is 4.62. The summed E-state index contributed by atoms with van der Waals surface area (Å²) in [5, 5.41) is 11.3. The molecule has 0 aliphatic carbocycles. The van der Waals surface area contributed by atoms with Crippen LogP contribution in [-0.2, 0) is 6.42 Å². The second-order valence-corrected chi connectivity index (χ2v) is 5.78. The molecule has 5 nitrogen and oxygen atoms in total. The Balaban J connectivity index is 1.54. The van der Waals surface area contributed by atoms with Gasteiger partial charge < -0.3 is 5.32 Å². The van der Waals surface area contributed by atoms with Gasteiger partial charge in [0.05, 0.1) is 0 Å². The van der Waals surface area contributed by atoms with E-state index < -0.39 is 0 Å². The van der Waals surface area contributed by atoms with Crippen LogP contribution in [-0.4, -0.2) is 27.0 Å². The fourth-order valence-electron chi connectivity index (χ4n) is 2.72. The Morgan fingerprint density at radius 2 is 1.91 bits per heavy atom. The minimum absolute atomic E-state index is 0.0251. The van der Waals surface area contributed by atoms with Gasteiger partial charge >= 0.3 is 0 Å². The van der Waals surface area contributed by atoms with E-state index in [9.17, 15) is 4.79 Å². The number of fused-ring (bicyclic) bond motifs is 1. The lowest BCUT2D eigenvalue weighted by molar-refractivity contribution is 0.0953. The lowest BCUT2D eigenvalue weighted by Crippen LogP contribution is -2.25. The molecule has 0 atom stereocenters. The van der Waals surface area contributed by atoms with E-state index in [1.165, 1.54) is 0 Å². The van der Waals surface area contributed by atoms with Gasteiger partial charge in [0, 0.05) is 24.7 Å². The third kappa shape index (κ3) is 3.56. The molecule has 2 aromatic heterocycles. The molecule has 0 saturated heterocycles. The number of rotatable bonds is 5. The summed E-state index contributed by atoms with van der Waals surface area (Å²) in [7, 11) is 0. The van der Waals surface area contributed by atoms with Crippen molar-refractivity contribution < 1.29 is 4.79 Å². The molecule has 0 spiro atoms. The smallest absolute Gasteiger partial charge is 0.251 e. The first-order chi connectivity index (χ1) is 11.1. The number of nitrogens with one attached hydrogen (secondary N) is 1. The van der Waals surface area contributed by atoms with Crippen molar-refractivity contribution in [2.45, 2.75) is 26.7 Å². The zero-order chi connectivity index (χ0) is 16.2. The molecule has 0 radical (unpaired) electrons. The van der Waals surface area contributed by atoms with E-state index in [0.29, 0.717) is 6.54 Å². The predicted octanol–water partition coefficient (Wildman–Crippen LogP) is 2.71. The minimum Gasteiger partial charge on any atom is -0.352 e. The molecule has 3 rings (SSSR count). The van der Waals surface area contributed by atoms with Crippen LogP contribution in [0.5, 0.6) is 0 Å². The van der Waals surface area contributed by atoms with E-state index in [0.717, 1.165) is 41.0 Å². The molecule has 5 heteroatoms. The largest absolute Gasteiger partial charge is 0.352 e. The molecule has 0 saturated carbocycles. The van der Waals surface area contributed by atoms with E-state index in [4.69, 9.17) is 0 Å². The standard InChI is InChI=1S/C18H20N4O/c1-13-10-14(2)12-15(11-13)18(23)19-8-5-7-17-21-20-16-6-3-4-9-22(16)17/h3-4,6,9-12H,5,7-8H2,1-2H3,(H,19,23). The van der Waals surface area contributed by atoms with Gasteiger partial charge in [0.1, 0.15) is 5.82 Å². The molecule has 1 aromatic carbocycles. The fraction of sp³-hybridized carbons (Fsp3) is 0.278. The van der Waals surface area contributed by atoms with Crippen LogP contribution in [0.3, 0.4) is 0 Å². The van der Waals surface area contributed by atoms with Gasteiger partial charge in [-0.05, 0) is 44.5 Å². The number of hydrogen-bond acceptors (Lipinski definition) is 3. The number of aryl methyl sites for hydroxylation is 3. The Kier molecular flexibility index (Phi) is 4.37. The number of aromatic nitrogens is 3. The van der Waals surface area contributed by atoms with E-state index in [2.05, 4.69) is 21.6 Å². The topological polar surface area (TPSA) is 59.3 Å². The first kappa shape index (κ1) is 15.2. The Bertz CT molecular complexity index is 818. The van der Waals surface area contributed by atoms with Crippen LogP contribution in [0.4, 0.5) is 0 Å². The molecule has 23 heavy (non-hydrogen) atoms. The molecular formula is C18H20N4O. The van der Waals surface area contributed by atoms with Gasteiger partial charge in [0.2, 0.25) is 0 Å². The summed E-state index contributed by atoms with van der Waals surface area (Å²) in [6, 6.07) is 11.7. The van der Waals surface area contributed by atoms with Crippen molar-refractivity contribution in [1.29, 1.82) is 0 Å². The van der Waals surface area contributed by atoms with Gasteiger partial charge in [-0.15, -0.1) is 10.2 Å². The average molecular weight is 308 g/mol. The maximum Gasteiger partial charge on any atom is 0.251 e. The lowest BCUT2D eigenvalue weighted by atomic mass is 10.1. The quantitative estimate of drug-likeness (QED) is 0.737. The maximum atomic E-state index is 12.2. The number of amides is 1. The molecule has 0 bridgehead atoms. The monoisotopic (exact) mass is 308 g/mol. The highest BCUT2D eigenvalue weighted by molar-refractivity contribution is 5.94. The Hall–Kier alpha value is -2.69. The molecule has 0 unspecified atom stereocenters. The van der Waals surface area contributed by atoms with Crippen molar-refractivity contribution in [2.24, 2.45) is 0 Å². The highest BCUT2D eigenvalue weighted by Crippen LogP contribution is 2.09. The van der Waals surface area contributed by atoms with Crippen molar-refractivity contribution in [2.75, 3.05) is 6.54 Å². The molecule has 1 N–H and O–H groups in total. The van der Waals surface area contributed by atoms with Crippen LogP contribution in [0.15, 0.2) is 42.6 Å². The molecular weight excluding hydrogens is 288 g/mol. The van der Waals surface area contributed by atoms with Crippen molar-refractivity contribution in [3.8, 4) is 0 Å². The number of carbonyl (C=O) groups is 1. The van der Waals surface area contributed by atoms with Gasteiger partial charge in [0.15, 0.2) is 5.65 Å². The molecule has 0 aliphatic rings. The highest BCUT2D eigenvalue weighted by atomic mass is 16.1. The summed E-state index contributed by atoms with van der Waals surface area (Å²) in [5.41, 5.74) is 3.77. The van der Waals surface area contributed by atoms with Gasteiger partial charge in [0.25, 0.3) is 5.91 Å². The Labute approximate surface area is 135 Å². The van der Waals surface area contributed by atoms with Crippen molar-refractivity contribution >= 4 is 11.6 Å². The number of carbonyl (C=O) groups excluding carboxylic acids is 1. The molecule has 1 amide bonds. The highest BCUT2D eigenvalue weighted by Gasteiger charge is 2.07. The normalized spacial score (nSPS) is 10.9. The molecule has 0 fully saturated rings. The fourth-order valence-corrected chi connectivity index (χ4v) is 2.72. The summed E-state index contributed by atoms with van der Waals surface area (Å²) in [6.07, 6.45) is 3.56. The first-order valence-corrected chi connectivity index (χ1v) is 7.78. The number of pyridine rings is 1. The molecule has 118 valence electrons. The van der Waals surface area contributed by atoms with Crippen LogP contribution in [0.25, 0.3) is 5.65 Å². The van der Waals surface area contributed by atoms with E-state index in [-0.39, 0.29) is 5.91 Å². The molecule has 3 aromatic rings. The summed E-state index contributed by atoms with van der Waals surface area (Å²) in [5.74, 6) is 0.893. The molecule has 0 aliphatic heterocycles. The number of benzene rings is 1. The summed E-state index contributed by atoms with van der Waals surface area (Å²) < 4.78 is 1.98. The van der Waals surface area contributed by atoms with Gasteiger partial charge in [-0.3, -0.25) is 9.20 Å². The van der Waals surface area contributed by atoms with E-state index in [1.807, 2.05) is 54.8 Å². The Morgan fingerprint density at radius 1 is 1.13 bits per heavy atom. The summed E-state index contributed by atoms with van der Waals surface area (Å²) in [4.78, 5) is 12.2. The number of hydrogen-bond donors (Lipinski definition) is 1. The van der Waals surface area contributed by atoms with Crippen LogP contribution in [0.2, 0.25) is 0 Å². The average Bonchev–Trinajstić information content (AvgIpc) is 2.94. The van der Waals surface area contributed by atoms with Crippen molar-refractivity contribution in [3.63, 3.8) is 0 Å². The van der Waals surface area contributed by atoms with Crippen molar-refractivity contribution in [1.82, 2.24) is 19.9 Å². The zero-order valence-corrected chi connectivity index (χ0v) is 13.4. The maximum absolute atomic E-state index is 12.2. The van der Waals surface area contributed by atoms with Gasteiger partial charge in [-0.25, -0.2) is 0 Å². The van der Waals surface area contributed by atoms with E-state index >= 15 is 0 Å². The minimum atomic E-state index is -0.0251. The second-order valence-electron chi connectivity index (χ2n) is 5.78. The number of nitrogens with zero attached hydrogens (tertiary/aromatic N) is 3. The zero-order valence-electron chi connectivity index (χ0n) is 13.4. The third-order valence-corrected chi connectivity index (χ3v) is 3.73. The lowest BCUT2D eigenvalue weighted by Gasteiger charge is -2.07. The molecule has 2 heterocycles. The van der Waals surface area contributed by atoms with E-state index in [1.54, 1.807) is 0 Å².